The third-order valence-corrected chi connectivity index (χ3v) is 3.79. The highest BCUT2D eigenvalue weighted by atomic mass is 79.9. The summed E-state index contributed by atoms with van der Waals surface area (Å²) < 4.78 is 0.723. The minimum Gasteiger partial charge on any atom is -0.396 e. The van der Waals surface area contributed by atoms with Crippen LogP contribution in [-0.2, 0) is 6.54 Å². The van der Waals surface area contributed by atoms with Gasteiger partial charge in [-0.3, -0.25) is 10.1 Å². The van der Waals surface area contributed by atoms with Crippen LogP contribution < -0.4 is 5.32 Å². The van der Waals surface area contributed by atoms with Gasteiger partial charge in [-0.2, -0.15) is 0 Å². The van der Waals surface area contributed by atoms with E-state index in [-0.39, 0.29) is 18.3 Å². The molecule has 0 aliphatic rings. The molecule has 1 aromatic rings. The molecule has 0 fully saturated rings. The van der Waals surface area contributed by atoms with Crippen molar-refractivity contribution in [3.8, 4) is 0 Å². The van der Waals surface area contributed by atoms with Crippen molar-refractivity contribution in [1.82, 2.24) is 5.32 Å². The van der Waals surface area contributed by atoms with E-state index in [1.54, 1.807) is 6.07 Å². The predicted octanol–water partition coefficient (Wildman–Crippen LogP) is 2.85. The second-order valence-corrected chi connectivity index (χ2v) is 5.63. The molecule has 0 radical (unpaired) electrons. The fourth-order valence-corrected chi connectivity index (χ4v) is 2.35. The number of nitrogens with one attached hydrogen (secondary N) is 1. The van der Waals surface area contributed by atoms with E-state index >= 15 is 0 Å². The van der Waals surface area contributed by atoms with Crippen LogP contribution in [0.4, 0.5) is 5.69 Å². The van der Waals surface area contributed by atoms with Crippen molar-refractivity contribution in [1.29, 1.82) is 0 Å². The van der Waals surface area contributed by atoms with Gasteiger partial charge in [-0.1, -0.05) is 29.8 Å². The first-order valence-corrected chi connectivity index (χ1v) is 7.02. The van der Waals surface area contributed by atoms with Gasteiger partial charge in [0.2, 0.25) is 0 Å². The topological polar surface area (TPSA) is 75.4 Å². The van der Waals surface area contributed by atoms with Crippen LogP contribution in [0.3, 0.4) is 0 Å². The molecule has 1 unspecified atom stereocenters. The lowest BCUT2D eigenvalue weighted by Gasteiger charge is -2.21. The number of rotatable bonds is 7. The van der Waals surface area contributed by atoms with Crippen molar-refractivity contribution >= 4 is 21.6 Å². The number of non-ortho nitro benzene ring substituents is 1. The van der Waals surface area contributed by atoms with Gasteiger partial charge in [0.25, 0.3) is 5.69 Å². The summed E-state index contributed by atoms with van der Waals surface area (Å²) in [5.74, 6) is 0.420. The molecule has 0 saturated carbocycles. The second kappa shape index (κ2) is 7.57. The molecule has 1 aromatic carbocycles. The highest BCUT2D eigenvalue weighted by Crippen LogP contribution is 2.23. The minimum atomic E-state index is -0.412. The number of aliphatic hydroxyl groups excluding tert-OH is 1. The SMILES string of the molecule is CC(C)C(CCO)NCc1ccc([N+](=O)[O-])cc1Br. The molecular weight excluding hydrogens is 312 g/mol. The Labute approximate surface area is 121 Å². The van der Waals surface area contributed by atoms with E-state index in [9.17, 15) is 10.1 Å². The summed E-state index contributed by atoms with van der Waals surface area (Å²) in [4.78, 5) is 10.2. The number of aliphatic hydroxyl groups is 1. The minimum absolute atomic E-state index is 0.0754. The second-order valence-electron chi connectivity index (χ2n) is 4.78. The summed E-state index contributed by atoms with van der Waals surface area (Å²) in [7, 11) is 0. The average molecular weight is 331 g/mol. The molecule has 0 heterocycles. The van der Waals surface area contributed by atoms with Gasteiger partial charge in [-0.05, 0) is 24.0 Å². The summed E-state index contributed by atoms with van der Waals surface area (Å²) in [6.45, 7) is 4.95. The summed E-state index contributed by atoms with van der Waals surface area (Å²) in [5, 5.41) is 23.0. The van der Waals surface area contributed by atoms with Crippen LogP contribution in [0.25, 0.3) is 0 Å². The van der Waals surface area contributed by atoms with Gasteiger partial charge in [0.1, 0.15) is 0 Å². The molecule has 0 amide bonds. The lowest BCUT2D eigenvalue weighted by atomic mass is 10.0. The zero-order valence-electron chi connectivity index (χ0n) is 11.1. The van der Waals surface area contributed by atoms with Crippen molar-refractivity contribution in [3.63, 3.8) is 0 Å². The van der Waals surface area contributed by atoms with Gasteiger partial charge < -0.3 is 10.4 Å². The number of hydrogen-bond acceptors (Lipinski definition) is 4. The number of nitrogens with zero attached hydrogens (tertiary/aromatic N) is 1. The van der Waals surface area contributed by atoms with E-state index in [1.807, 2.05) is 0 Å². The Morgan fingerprint density at radius 1 is 1.47 bits per heavy atom. The van der Waals surface area contributed by atoms with Crippen molar-refractivity contribution < 1.29 is 10.0 Å². The molecule has 0 aromatic heterocycles. The van der Waals surface area contributed by atoms with Crippen LogP contribution in [0.1, 0.15) is 25.8 Å². The first-order chi connectivity index (χ1) is 8.95. The Balaban J connectivity index is 2.69. The van der Waals surface area contributed by atoms with E-state index < -0.39 is 4.92 Å². The van der Waals surface area contributed by atoms with Gasteiger partial charge in [0.05, 0.1) is 4.92 Å². The molecule has 19 heavy (non-hydrogen) atoms. The third-order valence-electron chi connectivity index (χ3n) is 3.05. The predicted molar refractivity (Wildman–Crippen MR) is 78.0 cm³/mol. The first kappa shape index (κ1) is 16.1. The standard InChI is InChI=1S/C13H19BrN2O3/c1-9(2)13(5-6-17)15-8-10-3-4-11(16(18)19)7-12(10)14/h3-4,7,9,13,15,17H,5-6,8H2,1-2H3. The maximum atomic E-state index is 10.6. The van der Waals surface area contributed by atoms with Crippen LogP contribution in [0.2, 0.25) is 0 Å². The van der Waals surface area contributed by atoms with E-state index in [0.29, 0.717) is 18.9 Å². The van der Waals surface area contributed by atoms with Crippen LogP contribution in [0.5, 0.6) is 0 Å². The highest BCUT2D eigenvalue weighted by Gasteiger charge is 2.14. The monoisotopic (exact) mass is 330 g/mol. The van der Waals surface area contributed by atoms with Crippen molar-refractivity contribution in [2.45, 2.75) is 32.9 Å². The summed E-state index contributed by atoms with van der Waals surface area (Å²) >= 11 is 3.35. The maximum absolute atomic E-state index is 10.6. The van der Waals surface area contributed by atoms with Crippen LogP contribution >= 0.6 is 15.9 Å². The third kappa shape index (κ3) is 4.89. The smallest absolute Gasteiger partial charge is 0.270 e. The number of benzene rings is 1. The molecule has 2 N–H and O–H groups in total. The van der Waals surface area contributed by atoms with Crippen LogP contribution in [0.15, 0.2) is 22.7 Å². The van der Waals surface area contributed by atoms with E-state index in [4.69, 9.17) is 5.11 Å². The number of hydrogen-bond donors (Lipinski definition) is 2. The number of nitro benzene ring substituents is 1. The van der Waals surface area contributed by atoms with Gasteiger partial charge >= 0.3 is 0 Å². The lowest BCUT2D eigenvalue weighted by Crippen LogP contribution is -2.34. The Hall–Kier alpha value is -0.980. The van der Waals surface area contributed by atoms with Gasteiger partial charge in [0, 0.05) is 35.8 Å². The zero-order chi connectivity index (χ0) is 14.4. The molecule has 0 saturated heterocycles. The molecule has 0 bridgehead atoms. The van der Waals surface area contributed by atoms with Crippen LogP contribution in [-0.4, -0.2) is 22.7 Å². The average Bonchev–Trinajstić information content (AvgIpc) is 2.35. The first-order valence-electron chi connectivity index (χ1n) is 6.22. The molecular formula is C13H19BrN2O3. The zero-order valence-corrected chi connectivity index (χ0v) is 12.7. The Morgan fingerprint density at radius 3 is 2.63 bits per heavy atom. The van der Waals surface area contributed by atoms with Gasteiger partial charge in [0.15, 0.2) is 0 Å². The number of nitro groups is 1. The highest BCUT2D eigenvalue weighted by molar-refractivity contribution is 9.10. The molecule has 1 atom stereocenters. The van der Waals surface area contributed by atoms with Gasteiger partial charge in [-0.15, -0.1) is 0 Å². The van der Waals surface area contributed by atoms with E-state index in [1.165, 1.54) is 12.1 Å². The Morgan fingerprint density at radius 2 is 2.16 bits per heavy atom. The number of halogens is 1. The normalized spacial score (nSPS) is 12.7. The van der Waals surface area contributed by atoms with E-state index in [2.05, 4.69) is 35.1 Å². The van der Waals surface area contributed by atoms with E-state index in [0.717, 1.165) is 10.0 Å². The lowest BCUT2D eigenvalue weighted by molar-refractivity contribution is -0.384. The molecule has 0 aliphatic carbocycles. The van der Waals surface area contributed by atoms with Crippen LogP contribution in [0, 0.1) is 16.0 Å². The van der Waals surface area contributed by atoms with Gasteiger partial charge in [-0.25, -0.2) is 0 Å². The molecule has 0 aliphatic heterocycles. The molecule has 1 rings (SSSR count). The summed E-state index contributed by atoms with van der Waals surface area (Å²) in [6, 6.07) is 4.98. The maximum Gasteiger partial charge on any atom is 0.270 e. The molecule has 106 valence electrons. The fraction of sp³-hybridized carbons (Fsp3) is 0.538. The Kier molecular flexibility index (Phi) is 6.41. The molecule has 0 spiro atoms. The largest absolute Gasteiger partial charge is 0.396 e. The van der Waals surface area contributed by atoms with Crippen molar-refractivity contribution in [2.75, 3.05) is 6.61 Å². The summed E-state index contributed by atoms with van der Waals surface area (Å²) in [6.07, 6.45) is 0.697. The Bertz CT molecular complexity index is 438. The quantitative estimate of drug-likeness (QED) is 0.595. The summed E-state index contributed by atoms with van der Waals surface area (Å²) in [5.41, 5.74) is 1.04. The molecule has 6 heteroatoms. The molecule has 5 nitrogen and oxygen atoms in total. The fourth-order valence-electron chi connectivity index (χ4n) is 1.84. The van der Waals surface area contributed by atoms with Crippen molar-refractivity contribution in [2.24, 2.45) is 5.92 Å². The van der Waals surface area contributed by atoms with Crippen molar-refractivity contribution in [3.05, 3.63) is 38.3 Å².